The Balaban J connectivity index is 2.18. The molecule has 0 saturated carbocycles. The first-order valence-corrected chi connectivity index (χ1v) is 12.0. The second kappa shape index (κ2) is 7.35. The van der Waals surface area contributed by atoms with Crippen LogP contribution < -0.4 is 10.2 Å². The lowest BCUT2D eigenvalue weighted by molar-refractivity contribution is 0.00259. The zero-order valence-electron chi connectivity index (χ0n) is 16.4. The van der Waals surface area contributed by atoms with Crippen LogP contribution in [-0.2, 0) is 10.0 Å². The first-order valence-electron chi connectivity index (χ1n) is 9.06. The van der Waals surface area contributed by atoms with Crippen molar-refractivity contribution < 1.29 is 13.9 Å². The molecular weight excluding hydrogens is 335 g/mol. The summed E-state index contributed by atoms with van der Waals surface area (Å²) >= 11 is 0. The summed E-state index contributed by atoms with van der Waals surface area (Å²) in [4.78, 5) is 2.03. The molecule has 0 aromatic heterocycles. The topological polar surface area (TPSA) is 44.7 Å². The molecule has 1 unspecified atom stereocenters. The SMILES string of the molecule is CC(O)(CO[Si](C)(C)C(C)(C)C)c1ccc(F)c(N2CCNCC2)c1. The lowest BCUT2D eigenvalue weighted by Gasteiger charge is -2.39. The number of nitrogens with zero attached hydrogens (tertiary/aromatic N) is 1. The Morgan fingerprint density at radius 3 is 2.36 bits per heavy atom. The van der Waals surface area contributed by atoms with Crippen molar-refractivity contribution in [3.63, 3.8) is 0 Å². The summed E-state index contributed by atoms with van der Waals surface area (Å²) in [5.74, 6) is -0.244. The summed E-state index contributed by atoms with van der Waals surface area (Å²) in [7, 11) is -1.96. The molecule has 0 spiro atoms. The molecule has 1 atom stereocenters. The molecule has 2 rings (SSSR count). The van der Waals surface area contributed by atoms with Crippen LogP contribution in [-0.4, -0.2) is 46.2 Å². The number of piperazine rings is 1. The van der Waals surface area contributed by atoms with Crippen molar-refractivity contribution in [2.75, 3.05) is 37.7 Å². The van der Waals surface area contributed by atoms with Gasteiger partial charge >= 0.3 is 0 Å². The van der Waals surface area contributed by atoms with E-state index < -0.39 is 13.9 Å². The van der Waals surface area contributed by atoms with Crippen LogP contribution in [0.25, 0.3) is 0 Å². The van der Waals surface area contributed by atoms with Crippen molar-refractivity contribution in [2.45, 2.75) is 51.4 Å². The molecule has 6 heteroatoms. The van der Waals surface area contributed by atoms with Gasteiger partial charge in [-0.25, -0.2) is 4.39 Å². The lowest BCUT2D eigenvalue weighted by atomic mass is 9.96. The van der Waals surface area contributed by atoms with Crippen molar-refractivity contribution in [1.82, 2.24) is 5.32 Å². The average molecular weight is 369 g/mol. The quantitative estimate of drug-likeness (QED) is 0.781. The van der Waals surface area contributed by atoms with Gasteiger partial charge in [0.15, 0.2) is 8.32 Å². The predicted octanol–water partition coefficient (Wildman–Crippen LogP) is 3.46. The Labute approximate surface area is 152 Å². The molecule has 2 N–H and O–H groups in total. The molecule has 1 aromatic rings. The zero-order chi connectivity index (χ0) is 18.9. The van der Waals surface area contributed by atoms with Crippen molar-refractivity contribution in [3.8, 4) is 0 Å². The molecule has 142 valence electrons. The van der Waals surface area contributed by atoms with Gasteiger partial charge in [0.05, 0.1) is 12.3 Å². The fourth-order valence-electron chi connectivity index (χ4n) is 2.62. The molecular formula is C19H33FN2O2Si. The van der Waals surface area contributed by atoms with E-state index in [9.17, 15) is 9.50 Å². The van der Waals surface area contributed by atoms with Crippen LogP contribution in [0.4, 0.5) is 10.1 Å². The van der Waals surface area contributed by atoms with E-state index >= 15 is 0 Å². The highest BCUT2D eigenvalue weighted by molar-refractivity contribution is 6.74. The highest BCUT2D eigenvalue weighted by atomic mass is 28.4. The maximum absolute atomic E-state index is 14.3. The van der Waals surface area contributed by atoms with Crippen LogP contribution in [0.3, 0.4) is 0 Å². The summed E-state index contributed by atoms with van der Waals surface area (Å²) in [6, 6.07) is 4.89. The minimum atomic E-state index is -1.96. The molecule has 0 bridgehead atoms. The fourth-order valence-corrected chi connectivity index (χ4v) is 3.69. The van der Waals surface area contributed by atoms with Crippen molar-refractivity contribution in [2.24, 2.45) is 0 Å². The molecule has 1 heterocycles. The van der Waals surface area contributed by atoms with Gasteiger partial charge in [0.1, 0.15) is 11.4 Å². The largest absolute Gasteiger partial charge is 0.414 e. The van der Waals surface area contributed by atoms with E-state index in [-0.39, 0.29) is 17.5 Å². The molecule has 0 radical (unpaired) electrons. The second-order valence-corrected chi connectivity index (χ2v) is 13.5. The minimum absolute atomic E-state index is 0.0812. The monoisotopic (exact) mass is 368 g/mol. The number of anilines is 1. The predicted molar refractivity (Wildman–Crippen MR) is 104 cm³/mol. The first kappa shape index (κ1) is 20.4. The van der Waals surface area contributed by atoms with E-state index in [1.807, 2.05) is 4.90 Å². The number of aliphatic hydroxyl groups is 1. The standard InChI is InChI=1S/C19H33FN2O2Si/c1-18(2,3)25(5,6)24-14-19(4,23)15-7-8-16(20)17(13-15)22-11-9-21-10-12-22/h7-8,13,21,23H,9-12,14H2,1-6H3. The Hall–Kier alpha value is -0.953. The van der Waals surface area contributed by atoms with Crippen LogP contribution in [0.2, 0.25) is 18.1 Å². The first-order chi connectivity index (χ1) is 11.4. The average Bonchev–Trinajstić information content (AvgIpc) is 2.53. The van der Waals surface area contributed by atoms with E-state index in [0.29, 0.717) is 11.3 Å². The number of halogens is 1. The molecule has 25 heavy (non-hydrogen) atoms. The molecule has 4 nitrogen and oxygen atoms in total. The number of hydrogen-bond acceptors (Lipinski definition) is 4. The normalized spacial score (nSPS) is 19.0. The Morgan fingerprint density at radius 2 is 1.80 bits per heavy atom. The van der Waals surface area contributed by atoms with E-state index in [1.165, 1.54) is 6.07 Å². The van der Waals surface area contributed by atoms with Crippen molar-refractivity contribution >= 4 is 14.0 Å². The Morgan fingerprint density at radius 1 is 1.20 bits per heavy atom. The minimum Gasteiger partial charge on any atom is -0.414 e. The maximum Gasteiger partial charge on any atom is 0.192 e. The molecule has 1 aromatic carbocycles. The third kappa shape index (κ3) is 4.81. The maximum atomic E-state index is 14.3. The van der Waals surface area contributed by atoms with Gasteiger partial charge in [-0.1, -0.05) is 26.8 Å². The van der Waals surface area contributed by atoms with Gasteiger partial charge in [-0.05, 0) is 42.8 Å². The van der Waals surface area contributed by atoms with E-state index in [0.717, 1.165) is 26.2 Å². The summed E-state index contributed by atoms with van der Waals surface area (Å²) in [6.45, 7) is 16.0. The molecule has 1 fully saturated rings. The van der Waals surface area contributed by atoms with Crippen molar-refractivity contribution in [3.05, 3.63) is 29.6 Å². The van der Waals surface area contributed by atoms with Gasteiger partial charge < -0.3 is 19.7 Å². The molecule has 1 saturated heterocycles. The van der Waals surface area contributed by atoms with Gasteiger partial charge in [0.2, 0.25) is 0 Å². The summed E-state index contributed by atoms with van der Waals surface area (Å²) in [5.41, 5.74) is 0.110. The molecule has 1 aliphatic rings. The van der Waals surface area contributed by atoms with Crippen LogP contribution in [0.5, 0.6) is 0 Å². The summed E-state index contributed by atoms with van der Waals surface area (Å²) < 4.78 is 20.5. The van der Waals surface area contributed by atoms with Gasteiger partial charge in [0.25, 0.3) is 0 Å². The van der Waals surface area contributed by atoms with Crippen molar-refractivity contribution in [1.29, 1.82) is 0 Å². The van der Waals surface area contributed by atoms with E-state index in [1.54, 1.807) is 19.1 Å². The lowest BCUT2D eigenvalue weighted by Crippen LogP contribution is -2.45. The van der Waals surface area contributed by atoms with Crippen LogP contribution in [0.15, 0.2) is 18.2 Å². The smallest absolute Gasteiger partial charge is 0.192 e. The summed E-state index contributed by atoms with van der Waals surface area (Å²) in [6.07, 6.45) is 0. The molecule has 1 aliphatic heterocycles. The van der Waals surface area contributed by atoms with Crippen LogP contribution in [0, 0.1) is 5.82 Å². The number of rotatable bonds is 5. The molecule has 0 aliphatic carbocycles. The second-order valence-electron chi connectivity index (χ2n) is 8.73. The van der Waals surface area contributed by atoms with Gasteiger partial charge in [0, 0.05) is 26.2 Å². The van der Waals surface area contributed by atoms with Gasteiger partial charge in [-0.2, -0.15) is 0 Å². The Bertz CT molecular complexity index is 594. The zero-order valence-corrected chi connectivity index (χ0v) is 17.4. The summed E-state index contributed by atoms with van der Waals surface area (Å²) in [5, 5.41) is 14.3. The number of hydrogen-bond donors (Lipinski definition) is 2. The van der Waals surface area contributed by atoms with Crippen LogP contribution in [0.1, 0.15) is 33.3 Å². The highest BCUT2D eigenvalue weighted by Crippen LogP contribution is 2.38. The number of benzene rings is 1. The number of nitrogens with one attached hydrogen (secondary N) is 1. The van der Waals surface area contributed by atoms with E-state index in [2.05, 4.69) is 39.2 Å². The Kier molecular flexibility index (Phi) is 5.98. The van der Waals surface area contributed by atoms with Crippen LogP contribution >= 0.6 is 0 Å². The van der Waals surface area contributed by atoms with E-state index in [4.69, 9.17) is 4.43 Å². The van der Waals surface area contributed by atoms with Gasteiger partial charge in [-0.3, -0.25) is 0 Å². The van der Waals surface area contributed by atoms with Gasteiger partial charge in [-0.15, -0.1) is 0 Å². The third-order valence-electron chi connectivity index (χ3n) is 5.55. The fraction of sp³-hybridized carbons (Fsp3) is 0.684. The highest BCUT2D eigenvalue weighted by Gasteiger charge is 2.39. The third-order valence-corrected chi connectivity index (χ3v) is 10.0. The molecule has 0 amide bonds.